The van der Waals surface area contributed by atoms with Gasteiger partial charge in [0.2, 0.25) is 0 Å². The number of hydrogen-bond donors (Lipinski definition) is 1. The Hall–Kier alpha value is -1.26. The Morgan fingerprint density at radius 3 is 2.27 bits per heavy atom. The Morgan fingerprint density at radius 1 is 1.07 bits per heavy atom. The van der Waals surface area contributed by atoms with Crippen molar-refractivity contribution in [3.63, 3.8) is 0 Å². The number of carbonyl (C=O) groups is 2. The third-order valence-corrected chi connectivity index (χ3v) is 3.18. The van der Waals surface area contributed by atoms with Gasteiger partial charge in [0, 0.05) is 26.2 Å². The lowest BCUT2D eigenvalue weighted by molar-refractivity contribution is -0.141. The molecule has 5 nitrogen and oxygen atoms in total. The molecule has 0 bridgehead atoms. The van der Waals surface area contributed by atoms with Crippen LogP contribution in [0.3, 0.4) is 0 Å². The highest BCUT2D eigenvalue weighted by Gasteiger charge is 2.33. The van der Waals surface area contributed by atoms with Crippen molar-refractivity contribution in [3.05, 3.63) is 0 Å². The average Bonchev–Trinajstić information content (AvgIpc) is 2.88. The molecule has 0 aliphatic carbocycles. The van der Waals surface area contributed by atoms with Crippen molar-refractivity contribution in [2.24, 2.45) is 5.92 Å². The molecule has 1 unspecified atom stereocenters. The highest BCUT2D eigenvalue weighted by atomic mass is 16.4. The number of hydrogen-bond acceptors (Lipinski definition) is 2. The molecule has 1 N–H and O–H groups in total. The van der Waals surface area contributed by atoms with Gasteiger partial charge in [0.1, 0.15) is 0 Å². The molecule has 15 heavy (non-hydrogen) atoms. The monoisotopic (exact) mass is 212 g/mol. The fraction of sp³-hybridized carbons (Fsp3) is 0.800. The highest BCUT2D eigenvalue weighted by Crippen LogP contribution is 2.19. The van der Waals surface area contributed by atoms with Crippen LogP contribution >= 0.6 is 0 Å². The van der Waals surface area contributed by atoms with Crippen LogP contribution in [0.4, 0.5) is 4.79 Å². The number of carboxylic acid groups (broad SMARTS) is 1. The van der Waals surface area contributed by atoms with E-state index in [-0.39, 0.29) is 11.9 Å². The number of likely N-dealkylation sites (tertiary alicyclic amines) is 2. The Kier molecular flexibility index (Phi) is 2.79. The van der Waals surface area contributed by atoms with E-state index >= 15 is 0 Å². The van der Waals surface area contributed by atoms with Crippen LogP contribution in [-0.2, 0) is 4.79 Å². The first-order valence-electron chi connectivity index (χ1n) is 5.45. The lowest BCUT2D eigenvalue weighted by Crippen LogP contribution is -2.40. The zero-order chi connectivity index (χ0) is 10.8. The molecule has 5 heteroatoms. The van der Waals surface area contributed by atoms with E-state index in [1.807, 2.05) is 4.90 Å². The van der Waals surface area contributed by atoms with Crippen molar-refractivity contribution in [1.29, 1.82) is 0 Å². The summed E-state index contributed by atoms with van der Waals surface area (Å²) in [6, 6.07) is 0.0243. The largest absolute Gasteiger partial charge is 0.481 e. The van der Waals surface area contributed by atoms with Crippen molar-refractivity contribution in [2.45, 2.75) is 19.3 Å². The predicted molar refractivity (Wildman–Crippen MR) is 53.5 cm³/mol. The van der Waals surface area contributed by atoms with E-state index in [9.17, 15) is 9.59 Å². The summed E-state index contributed by atoms with van der Waals surface area (Å²) in [7, 11) is 0. The van der Waals surface area contributed by atoms with E-state index in [1.165, 1.54) is 0 Å². The van der Waals surface area contributed by atoms with Crippen molar-refractivity contribution in [1.82, 2.24) is 9.80 Å². The molecular weight excluding hydrogens is 196 g/mol. The van der Waals surface area contributed by atoms with E-state index < -0.39 is 5.97 Å². The minimum Gasteiger partial charge on any atom is -0.481 e. The van der Waals surface area contributed by atoms with Gasteiger partial charge in [0.05, 0.1) is 5.92 Å². The molecule has 0 saturated carbocycles. The molecule has 0 aromatic carbocycles. The van der Waals surface area contributed by atoms with Crippen LogP contribution in [0.15, 0.2) is 0 Å². The van der Waals surface area contributed by atoms with E-state index in [1.54, 1.807) is 4.90 Å². The zero-order valence-electron chi connectivity index (χ0n) is 8.69. The summed E-state index contributed by atoms with van der Waals surface area (Å²) in [6.07, 6.45) is 2.73. The molecule has 1 atom stereocenters. The van der Waals surface area contributed by atoms with Crippen molar-refractivity contribution < 1.29 is 14.7 Å². The van der Waals surface area contributed by atoms with Crippen molar-refractivity contribution in [2.75, 3.05) is 26.2 Å². The second-order valence-electron chi connectivity index (χ2n) is 4.25. The SMILES string of the molecule is O=C(O)C1CCN(C(=O)N2CCCC2)C1. The maximum absolute atomic E-state index is 11.9. The summed E-state index contributed by atoms with van der Waals surface area (Å²) in [5, 5.41) is 8.83. The van der Waals surface area contributed by atoms with Crippen LogP contribution in [0.25, 0.3) is 0 Å². The molecule has 0 spiro atoms. The maximum Gasteiger partial charge on any atom is 0.320 e. The van der Waals surface area contributed by atoms with Gasteiger partial charge in [-0.25, -0.2) is 4.79 Å². The number of carbonyl (C=O) groups excluding carboxylic acids is 1. The van der Waals surface area contributed by atoms with Crippen molar-refractivity contribution in [3.8, 4) is 0 Å². The third kappa shape index (κ3) is 2.06. The van der Waals surface area contributed by atoms with Gasteiger partial charge in [0.25, 0.3) is 0 Å². The fourth-order valence-electron chi connectivity index (χ4n) is 2.24. The second-order valence-corrected chi connectivity index (χ2v) is 4.25. The fourth-order valence-corrected chi connectivity index (χ4v) is 2.24. The van der Waals surface area contributed by atoms with Crippen LogP contribution < -0.4 is 0 Å². The second kappa shape index (κ2) is 4.08. The summed E-state index contributed by atoms with van der Waals surface area (Å²) >= 11 is 0. The number of aliphatic carboxylic acids is 1. The molecule has 0 aromatic heterocycles. The predicted octanol–water partition coefficient (Wildman–Crippen LogP) is 0.609. The van der Waals surface area contributed by atoms with Gasteiger partial charge >= 0.3 is 12.0 Å². The molecule has 2 heterocycles. The molecule has 2 fully saturated rings. The lowest BCUT2D eigenvalue weighted by Gasteiger charge is -2.23. The van der Waals surface area contributed by atoms with Gasteiger partial charge in [-0.15, -0.1) is 0 Å². The first-order valence-corrected chi connectivity index (χ1v) is 5.45. The lowest BCUT2D eigenvalue weighted by atomic mass is 10.1. The normalized spacial score (nSPS) is 26.0. The summed E-state index contributed by atoms with van der Waals surface area (Å²) < 4.78 is 0. The third-order valence-electron chi connectivity index (χ3n) is 3.18. The zero-order valence-corrected chi connectivity index (χ0v) is 8.69. The molecule has 2 aliphatic rings. The van der Waals surface area contributed by atoms with Gasteiger partial charge in [-0.05, 0) is 19.3 Å². The first kappa shape index (κ1) is 10.3. The Morgan fingerprint density at radius 2 is 1.73 bits per heavy atom. The quantitative estimate of drug-likeness (QED) is 0.692. The molecule has 2 rings (SSSR count). The number of nitrogens with zero attached hydrogens (tertiary/aromatic N) is 2. The van der Waals surface area contributed by atoms with Gasteiger partial charge in [0.15, 0.2) is 0 Å². The van der Waals surface area contributed by atoms with Crippen LogP contribution in [0.5, 0.6) is 0 Å². The molecule has 2 aliphatic heterocycles. The van der Waals surface area contributed by atoms with Gasteiger partial charge in [-0.1, -0.05) is 0 Å². The topological polar surface area (TPSA) is 60.9 Å². The van der Waals surface area contributed by atoms with Crippen LogP contribution in [0.1, 0.15) is 19.3 Å². The summed E-state index contributed by atoms with van der Waals surface area (Å²) in [4.78, 5) is 26.1. The molecule has 84 valence electrons. The Balaban J connectivity index is 1.89. The summed E-state index contributed by atoms with van der Waals surface area (Å²) in [5.41, 5.74) is 0. The molecule has 2 amide bonds. The van der Waals surface area contributed by atoms with Crippen LogP contribution in [0.2, 0.25) is 0 Å². The van der Waals surface area contributed by atoms with Crippen LogP contribution in [-0.4, -0.2) is 53.1 Å². The highest BCUT2D eigenvalue weighted by molar-refractivity contribution is 5.77. The molecule has 2 saturated heterocycles. The standard InChI is InChI=1S/C10H16N2O3/c13-9(14)8-3-6-12(7-8)10(15)11-4-1-2-5-11/h8H,1-7H2,(H,13,14). The Bertz CT molecular complexity index is 274. The summed E-state index contributed by atoms with van der Waals surface area (Å²) in [6.45, 7) is 2.62. The smallest absolute Gasteiger partial charge is 0.320 e. The van der Waals surface area contributed by atoms with Gasteiger partial charge in [-0.2, -0.15) is 0 Å². The summed E-state index contributed by atoms with van der Waals surface area (Å²) in [5.74, 6) is -1.15. The van der Waals surface area contributed by atoms with Gasteiger partial charge in [-0.3, -0.25) is 4.79 Å². The number of amides is 2. The van der Waals surface area contributed by atoms with E-state index in [0.29, 0.717) is 19.5 Å². The number of rotatable bonds is 1. The molecule has 0 radical (unpaired) electrons. The number of carboxylic acids is 1. The average molecular weight is 212 g/mol. The minimum atomic E-state index is -0.785. The molecule has 0 aromatic rings. The molecular formula is C10H16N2O3. The number of urea groups is 1. The van der Waals surface area contributed by atoms with E-state index in [0.717, 1.165) is 25.9 Å². The van der Waals surface area contributed by atoms with Gasteiger partial charge < -0.3 is 14.9 Å². The van der Waals surface area contributed by atoms with Crippen molar-refractivity contribution >= 4 is 12.0 Å². The van der Waals surface area contributed by atoms with E-state index in [4.69, 9.17) is 5.11 Å². The maximum atomic E-state index is 11.9. The van der Waals surface area contributed by atoms with Crippen LogP contribution in [0, 0.1) is 5.92 Å². The first-order chi connectivity index (χ1) is 7.18. The Labute approximate surface area is 88.6 Å². The van der Waals surface area contributed by atoms with E-state index in [2.05, 4.69) is 0 Å². The minimum absolute atomic E-state index is 0.0243.